The summed E-state index contributed by atoms with van der Waals surface area (Å²) >= 11 is 0. The average molecular weight is 146 g/mol. The molecule has 0 saturated carbocycles. The number of aliphatic hydroxyl groups excluding tert-OH is 2. The van der Waals surface area contributed by atoms with E-state index < -0.39 is 12.2 Å². The van der Waals surface area contributed by atoms with Crippen molar-refractivity contribution in [2.24, 2.45) is 0 Å². The van der Waals surface area contributed by atoms with E-state index in [1.165, 1.54) is 0 Å². The molecule has 1 unspecified atom stereocenters. The molecule has 0 aliphatic carbocycles. The highest BCUT2D eigenvalue weighted by molar-refractivity contribution is 4.93. The first kappa shape index (κ1) is 6.54. The molecule has 0 amide bonds. The Labute approximate surface area is 58.4 Å². The SMILES string of the molecule is O[C@@H]1COC2[C@H]1OC[C@@H]2O. The lowest BCUT2D eigenvalue weighted by molar-refractivity contribution is 0.00205. The van der Waals surface area contributed by atoms with Crippen molar-refractivity contribution in [3.8, 4) is 0 Å². The topological polar surface area (TPSA) is 58.9 Å². The summed E-state index contributed by atoms with van der Waals surface area (Å²) < 4.78 is 10.2. The van der Waals surface area contributed by atoms with Crippen molar-refractivity contribution in [2.75, 3.05) is 13.2 Å². The van der Waals surface area contributed by atoms with Crippen molar-refractivity contribution in [1.82, 2.24) is 0 Å². The van der Waals surface area contributed by atoms with Crippen LogP contribution in [0.4, 0.5) is 0 Å². The summed E-state index contributed by atoms with van der Waals surface area (Å²) in [6, 6.07) is 0. The van der Waals surface area contributed by atoms with Gasteiger partial charge in [-0.25, -0.2) is 0 Å². The molecule has 4 heteroatoms. The van der Waals surface area contributed by atoms with E-state index in [1.54, 1.807) is 0 Å². The van der Waals surface area contributed by atoms with Crippen molar-refractivity contribution in [2.45, 2.75) is 24.4 Å². The molecule has 2 heterocycles. The summed E-state index contributed by atoms with van der Waals surface area (Å²) in [6.45, 7) is 0.568. The lowest BCUT2D eigenvalue weighted by atomic mass is 10.1. The molecule has 2 N–H and O–H groups in total. The highest BCUT2D eigenvalue weighted by Crippen LogP contribution is 2.26. The van der Waals surface area contributed by atoms with Gasteiger partial charge < -0.3 is 19.7 Å². The molecule has 58 valence electrons. The van der Waals surface area contributed by atoms with Gasteiger partial charge in [0.05, 0.1) is 13.2 Å². The van der Waals surface area contributed by atoms with E-state index in [9.17, 15) is 0 Å². The largest absolute Gasteiger partial charge is 0.388 e. The predicted octanol–water partition coefficient (Wildman–Crippen LogP) is -1.49. The number of rotatable bonds is 0. The highest BCUT2D eigenvalue weighted by Gasteiger charge is 2.46. The number of fused-ring (bicyclic) bond motifs is 1. The van der Waals surface area contributed by atoms with E-state index in [0.717, 1.165) is 0 Å². The van der Waals surface area contributed by atoms with Gasteiger partial charge in [-0.1, -0.05) is 0 Å². The summed E-state index contributed by atoms with van der Waals surface area (Å²) in [5, 5.41) is 18.3. The van der Waals surface area contributed by atoms with Crippen molar-refractivity contribution >= 4 is 0 Å². The molecule has 0 bridgehead atoms. The van der Waals surface area contributed by atoms with Gasteiger partial charge in [-0.15, -0.1) is 0 Å². The lowest BCUT2D eigenvalue weighted by Crippen LogP contribution is -2.30. The van der Waals surface area contributed by atoms with Crippen LogP contribution in [0.15, 0.2) is 0 Å². The molecular weight excluding hydrogens is 136 g/mol. The molecule has 0 aromatic heterocycles. The van der Waals surface area contributed by atoms with Crippen molar-refractivity contribution in [1.29, 1.82) is 0 Å². The number of hydrogen-bond donors (Lipinski definition) is 2. The minimum Gasteiger partial charge on any atom is -0.388 e. The molecule has 0 spiro atoms. The van der Waals surface area contributed by atoms with E-state index in [4.69, 9.17) is 19.7 Å². The van der Waals surface area contributed by atoms with Gasteiger partial charge in [0.1, 0.15) is 24.4 Å². The van der Waals surface area contributed by atoms with Gasteiger partial charge >= 0.3 is 0 Å². The second-order valence-electron chi connectivity index (χ2n) is 2.73. The maximum Gasteiger partial charge on any atom is 0.114 e. The summed E-state index contributed by atoms with van der Waals surface area (Å²) in [5.74, 6) is 0. The molecule has 10 heavy (non-hydrogen) atoms. The van der Waals surface area contributed by atoms with Crippen molar-refractivity contribution in [3.05, 3.63) is 0 Å². The molecule has 2 aliphatic heterocycles. The van der Waals surface area contributed by atoms with Crippen LogP contribution in [0.2, 0.25) is 0 Å². The number of ether oxygens (including phenoxy) is 2. The van der Waals surface area contributed by atoms with Crippen LogP contribution >= 0.6 is 0 Å². The van der Waals surface area contributed by atoms with Crippen LogP contribution in [0.25, 0.3) is 0 Å². The fourth-order valence-electron chi connectivity index (χ4n) is 1.46. The summed E-state index contributed by atoms with van der Waals surface area (Å²) in [7, 11) is 0. The van der Waals surface area contributed by atoms with E-state index >= 15 is 0 Å². The second kappa shape index (κ2) is 2.17. The Bertz CT molecular complexity index is 122. The van der Waals surface area contributed by atoms with E-state index in [-0.39, 0.29) is 25.4 Å². The monoisotopic (exact) mass is 146 g/mol. The van der Waals surface area contributed by atoms with Crippen LogP contribution in [0.3, 0.4) is 0 Å². The van der Waals surface area contributed by atoms with Crippen LogP contribution in [-0.4, -0.2) is 47.8 Å². The molecule has 2 saturated heterocycles. The zero-order valence-corrected chi connectivity index (χ0v) is 5.43. The van der Waals surface area contributed by atoms with Gasteiger partial charge in [-0.05, 0) is 0 Å². The first-order chi connectivity index (χ1) is 4.79. The van der Waals surface area contributed by atoms with Gasteiger partial charge in [-0.3, -0.25) is 0 Å². The minimum absolute atomic E-state index is 0.284. The number of aliphatic hydroxyl groups is 2. The third-order valence-corrected chi connectivity index (χ3v) is 2.00. The van der Waals surface area contributed by atoms with Gasteiger partial charge in [0, 0.05) is 0 Å². The van der Waals surface area contributed by atoms with Gasteiger partial charge in [0.2, 0.25) is 0 Å². The summed E-state index contributed by atoms with van der Waals surface area (Å²) in [6.07, 6.45) is -1.70. The molecule has 0 aromatic rings. The predicted molar refractivity (Wildman–Crippen MR) is 31.5 cm³/mol. The Balaban J connectivity index is 2.09. The van der Waals surface area contributed by atoms with E-state index in [0.29, 0.717) is 0 Å². The highest BCUT2D eigenvalue weighted by atomic mass is 16.6. The van der Waals surface area contributed by atoms with Crippen LogP contribution in [0.1, 0.15) is 0 Å². The first-order valence-corrected chi connectivity index (χ1v) is 3.38. The Morgan fingerprint density at radius 3 is 1.70 bits per heavy atom. The Hall–Kier alpha value is -0.160. The quantitative estimate of drug-likeness (QED) is 0.437. The molecule has 2 rings (SSSR count). The van der Waals surface area contributed by atoms with Crippen LogP contribution in [0.5, 0.6) is 0 Å². The summed E-state index contributed by atoms with van der Waals surface area (Å²) in [5.41, 5.74) is 0. The Kier molecular flexibility index (Phi) is 1.42. The van der Waals surface area contributed by atoms with Crippen LogP contribution in [0, 0.1) is 0 Å². The molecule has 0 aromatic carbocycles. The zero-order valence-electron chi connectivity index (χ0n) is 5.43. The zero-order chi connectivity index (χ0) is 7.14. The van der Waals surface area contributed by atoms with E-state index in [2.05, 4.69) is 0 Å². The van der Waals surface area contributed by atoms with Gasteiger partial charge in [0.15, 0.2) is 0 Å². The Morgan fingerprint density at radius 1 is 0.900 bits per heavy atom. The fourth-order valence-corrected chi connectivity index (χ4v) is 1.46. The van der Waals surface area contributed by atoms with Gasteiger partial charge in [-0.2, -0.15) is 0 Å². The van der Waals surface area contributed by atoms with Crippen LogP contribution in [-0.2, 0) is 9.47 Å². The third-order valence-electron chi connectivity index (χ3n) is 2.00. The van der Waals surface area contributed by atoms with Crippen LogP contribution < -0.4 is 0 Å². The Morgan fingerprint density at radius 2 is 1.30 bits per heavy atom. The maximum atomic E-state index is 9.16. The van der Waals surface area contributed by atoms with Crippen molar-refractivity contribution < 1.29 is 19.7 Å². The standard InChI is InChI=1S/C6H10O4/c7-3-1-9-6-4(8)2-10-5(3)6/h3-8H,1-2H2/t3-,4+,5+,6?/m1/s1. The third kappa shape index (κ3) is 0.769. The molecular formula is C6H10O4. The van der Waals surface area contributed by atoms with E-state index in [1.807, 2.05) is 0 Å². The molecule has 0 radical (unpaired) electrons. The summed E-state index contributed by atoms with van der Waals surface area (Å²) in [4.78, 5) is 0. The smallest absolute Gasteiger partial charge is 0.114 e. The second-order valence-corrected chi connectivity index (χ2v) is 2.73. The fraction of sp³-hybridized carbons (Fsp3) is 1.00. The average Bonchev–Trinajstić information content (AvgIpc) is 2.41. The molecule has 4 nitrogen and oxygen atoms in total. The lowest BCUT2D eigenvalue weighted by Gasteiger charge is -2.09. The van der Waals surface area contributed by atoms with Crippen molar-refractivity contribution in [3.63, 3.8) is 0 Å². The van der Waals surface area contributed by atoms with Gasteiger partial charge in [0.25, 0.3) is 0 Å². The first-order valence-electron chi connectivity index (χ1n) is 3.38. The normalized spacial score (nSPS) is 53.4. The molecule has 2 fully saturated rings. The number of hydrogen-bond acceptors (Lipinski definition) is 4. The molecule has 4 atom stereocenters. The molecule has 2 aliphatic rings. The minimum atomic E-state index is -0.554. The maximum absolute atomic E-state index is 9.16.